The number of nitrogens with zero attached hydrogens (tertiary/aromatic N) is 9. The second kappa shape index (κ2) is 18.5. The molecule has 0 radical (unpaired) electrons. The van der Waals surface area contributed by atoms with Crippen LogP contribution < -0.4 is 20.4 Å². The molecule has 1 spiro atoms. The molecule has 2 aliphatic carbocycles. The summed E-state index contributed by atoms with van der Waals surface area (Å²) in [4.78, 5) is 94.4. The Morgan fingerprint density at radius 2 is 1.51 bits per heavy atom. The fourth-order valence-corrected chi connectivity index (χ4v) is 14.5. The van der Waals surface area contributed by atoms with Gasteiger partial charge in [0.1, 0.15) is 11.3 Å². The number of fused-ring (bicyclic) bond motifs is 5. The fraction of sp³-hybridized carbons (Fsp3) is 0.614. The zero-order valence-corrected chi connectivity index (χ0v) is 42.6. The second-order valence-electron chi connectivity index (χ2n) is 23.6. The van der Waals surface area contributed by atoms with Gasteiger partial charge in [0.05, 0.1) is 28.9 Å². The fourth-order valence-electron chi connectivity index (χ4n) is 14.5. The molecule has 3 aromatic heterocycles. The standard InChI is InChI=1S/C57H71N11O5/c1-34(2)66-33-59-47-31-46(61-52(51(47)66)60-39-8-9-39)36-6-13-45-48(28-36)68(43-29-42(30-43)63-20-4-3-5-21-63)56(73)57(45)18-24-65(25-19-57)54(71)38-26-40-10-11-41(27-38)67(40)55(72)35-16-22-64(23-17-35)49-14-7-37(32-58-49)44-12-15-50(69)62-53(44)70/h6-7,13-14,28,31-35,38-44H,3-5,8-12,15-27,29-30H2,1-2H3,(H,60,61)(H,62,69,70)/t38-,40-,41+,42-,43+,44?. The third kappa shape index (κ3) is 8.28. The summed E-state index contributed by atoms with van der Waals surface area (Å²) in [5.41, 5.74) is 6.07. The Morgan fingerprint density at radius 3 is 2.19 bits per heavy atom. The van der Waals surface area contributed by atoms with Crippen molar-refractivity contribution in [1.82, 2.24) is 39.5 Å². The highest BCUT2D eigenvalue weighted by Gasteiger charge is 2.57. The maximum atomic E-state index is 15.3. The van der Waals surface area contributed by atoms with Crippen LogP contribution in [-0.4, -0.2) is 133 Å². The van der Waals surface area contributed by atoms with Gasteiger partial charge in [0, 0.05) is 98.1 Å². The average Bonchev–Trinajstić information content (AvgIpc) is 3.98. The molecule has 2 bridgehead atoms. The number of aromatic nitrogens is 4. The van der Waals surface area contributed by atoms with Crippen LogP contribution in [0.2, 0.25) is 0 Å². The predicted octanol–water partition coefficient (Wildman–Crippen LogP) is 7.08. The van der Waals surface area contributed by atoms with Gasteiger partial charge in [-0.05, 0) is 153 Å². The van der Waals surface area contributed by atoms with Crippen molar-refractivity contribution in [2.24, 2.45) is 11.8 Å². The second-order valence-corrected chi connectivity index (χ2v) is 23.6. The van der Waals surface area contributed by atoms with Crippen LogP contribution in [0.1, 0.15) is 146 Å². The van der Waals surface area contributed by atoms with E-state index in [0.717, 1.165) is 128 Å². The molecule has 73 heavy (non-hydrogen) atoms. The minimum Gasteiger partial charge on any atom is -0.366 e. The van der Waals surface area contributed by atoms with Gasteiger partial charge in [-0.1, -0.05) is 24.6 Å². The molecule has 2 N–H and O–H groups in total. The van der Waals surface area contributed by atoms with Crippen LogP contribution >= 0.6 is 0 Å². The van der Waals surface area contributed by atoms with Crippen LogP contribution in [-0.2, 0) is 29.4 Å². The smallest absolute Gasteiger partial charge is 0.238 e. The Hall–Kier alpha value is -5.90. The molecule has 5 amide bonds. The maximum absolute atomic E-state index is 15.3. The number of nitrogens with one attached hydrogen (secondary N) is 2. The molecule has 1 aromatic carbocycles. The van der Waals surface area contributed by atoms with Crippen molar-refractivity contribution in [2.45, 2.75) is 171 Å². The number of benzene rings is 1. The molecule has 16 nitrogen and oxygen atoms in total. The minimum absolute atomic E-state index is 0.0537. The van der Waals surface area contributed by atoms with Gasteiger partial charge < -0.3 is 34.4 Å². The molecule has 16 heteroatoms. The number of anilines is 3. The molecule has 10 heterocycles. The number of carbonyl (C=O) groups is 5. The van der Waals surface area contributed by atoms with Crippen molar-refractivity contribution >= 4 is 57.9 Å². The van der Waals surface area contributed by atoms with Crippen molar-refractivity contribution in [3.8, 4) is 11.3 Å². The largest absolute Gasteiger partial charge is 0.366 e. The van der Waals surface area contributed by atoms with Crippen molar-refractivity contribution in [2.75, 3.05) is 54.4 Å². The van der Waals surface area contributed by atoms with E-state index in [1.807, 2.05) is 18.5 Å². The van der Waals surface area contributed by atoms with Gasteiger partial charge in [-0.3, -0.25) is 29.3 Å². The summed E-state index contributed by atoms with van der Waals surface area (Å²) in [5, 5.41) is 6.15. The Morgan fingerprint density at radius 1 is 0.753 bits per heavy atom. The van der Waals surface area contributed by atoms with Crippen molar-refractivity contribution in [3.63, 3.8) is 0 Å². The number of pyridine rings is 2. The number of carbonyl (C=O) groups excluding carboxylic acids is 5. The third-order valence-corrected chi connectivity index (χ3v) is 18.9. The first kappa shape index (κ1) is 46.9. The highest BCUT2D eigenvalue weighted by atomic mass is 16.2. The number of rotatable bonds is 10. The average molecular weight is 990 g/mol. The summed E-state index contributed by atoms with van der Waals surface area (Å²) in [6.45, 7) is 9.21. The number of hydrogen-bond acceptors (Lipinski definition) is 11. The van der Waals surface area contributed by atoms with Crippen LogP contribution in [0.15, 0.2) is 48.9 Å². The molecule has 7 aliphatic heterocycles. The van der Waals surface area contributed by atoms with Crippen LogP contribution in [0.5, 0.6) is 0 Å². The lowest BCUT2D eigenvalue weighted by Gasteiger charge is -2.48. The number of likely N-dealkylation sites (tertiary alicyclic amines) is 2. The van der Waals surface area contributed by atoms with Gasteiger partial charge in [-0.25, -0.2) is 15.0 Å². The van der Waals surface area contributed by atoms with Gasteiger partial charge in [0.2, 0.25) is 29.5 Å². The molecule has 2 saturated carbocycles. The van der Waals surface area contributed by atoms with E-state index in [1.165, 1.54) is 19.3 Å². The Kier molecular flexibility index (Phi) is 11.9. The molecule has 9 aliphatic rings. The first-order valence-electron chi connectivity index (χ1n) is 28.0. The zero-order valence-electron chi connectivity index (χ0n) is 42.6. The Balaban J connectivity index is 0.678. The van der Waals surface area contributed by atoms with Gasteiger partial charge in [-0.15, -0.1) is 0 Å². The number of amides is 5. The van der Waals surface area contributed by atoms with Crippen LogP contribution in [0, 0.1) is 11.8 Å². The van der Waals surface area contributed by atoms with E-state index in [-0.39, 0.29) is 71.5 Å². The first-order chi connectivity index (χ1) is 35.5. The SMILES string of the molecule is CC(C)n1cnc2cc(-c3ccc4c(c3)N([C@H]3C[C@@H](N5CCCCC5)C3)C(=O)C43CCN(C(=O)[C@@H]4C[C@H]5CC[C@@H](C4)N5C(=O)C4CCN(c5ccc(C6CCC(=O)NC6=O)cn5)CC4)CC3)nc(NC3CC3)c21. The minimum atomic E-state index is -0.674. The van der Waals surface area contributed by atoms with E-state index in [1.54, 1.807) is 6.20 Å². The van der Waals surface area contributed by atoms with E-state index in [4.69, 9.17) is 15.0 Å². The van der Waals surface area contributed by atoms with E-state index in [9.17, 15) is 19.2 Å². The van der Waals surface area contributed by atoms with Crippen molar-refractivity contribution in [1.29, 1.82) is 0 Å². The normalized spacial score (nSPS) is 28.5. The molecule has 4 atom stereocenters. The molecule has 6 saturated heterocycles. The lowest BCUT2D eigenvalue weighted by atomic mass is 9.73. The van der Waals surface area contributed by atoms with E-state index in [0.29, 0.717) is 63.7 Å². The highest BCUT2D eigenvalue weighted by Crippen LogP contribution is 2.53. The number of imide groups is 1. The number of piperidine rings is 5. The quantitative estimate of drug-likeness (QED) is 0.156. The molecular weight excluding hydrogens is 919 g/mol. The van der Waals surface area contributed by atoms with Crippen molar-refractivity contribution < 1.29 is 24.0 Å². The summed E-state index contributed by atoms with van der Waals surface area (Å²) >= 11 is 0. The zero-order chi connectivity index (χ0) is 49.7. The summed E-state index contributed by atoms with van der Waals surface area (Å²) in [6.07, 6.45) is 18.6. The van der Waals surface area contributed by atoms with E-state index < -0.39 is 5.41 Å². The van der Waals surface area contributed by atoms with Gasteiger partial charge in [0.25, 0.3) is 0 Å². The molecule has 13 rings (SSSR count). The van der Waals surface area contributed by atoms with Crippen LogP contribution in [0.25, 0.3) is 22.3 Å². The molecular formula is C57H71N11O5. The maximum Gasteiger partial charge on any atom is 0.238 e. The van der Waals surface area contributed by atoms with Gasteiger partial charge in [0.15, 0.2) is 5.82 Å². The summed E-state index contributed by atoms with van der Waals surface area (Å²) in [7, 11) is 0. The van der Waals surface area contributed by atoms with Crippen LogP contribution in [0.4, 0.5) is 17.3 Å². The molecule has 1 unspecified atom stereocenters. The van der Waals surface area contributed by atoms with Crippen LogP contribution in [0.3, 0.4) is 0 Å². The van der Waals surface area contributed by atoms with Gasteiger partial charge >= 0.3 is 0 Å². The molecule has 4 aromatic rings. The summed E-state index contributed by atoms with van der Waals surface area (Å²) in [6, 6.07) is 14.1. The topological polar surface area (TPSA) is 169 Å². The van der Waals surface area contributed by atoms with E-state index >= 15 is 4.79 Å². The summed E-state index contributed by atoms with van der Waals surface area (Å²) < 4.78 is 2.20. The Bertz CT molecular complexity index is 2820. The lowest BCUT2D eigenvalue weighted by molar-refractivity contribution is -0.148. The molecule has 8 fully saturated rings. The number of hydrogen-bond donors (Lipinski definition) is 2. The number of imidazole rings is 1. The lowest BCUT2D eigenvalue weighted by Crippen LogP contribution is -2.59. The molecule has 384 valence electrons. The predicted molar refractivity (Wildman–Crippen MR) is 278 cm³/mol. The monoisotopic (exact) mass is 990 g/mol. The first-order valence-corrected chi connectivity index (χ1v) is 28.0. The van der Waals surface area contributed by atoms with E-state index in [2.05, 4.69) is 77.8 Å². The summed E-state index contributed by atoms with van der Waals surface area (Å²) in [5.74, 6) is 1.34. The Labute approximate surface area is 428 Å². The third-order valence-electron chi connectivity index (χ3n) is 18.9. The van der Waals surface area contributed by atoms with Gasteiger partial charge in [-0.2, -0.15) is 0 Å². The van der Waals surface area contributed by atoms with Crippen molar-refractivity contribution in [3.05, 3.63) is 60.0 Å². The highest BCUT2D eigenvalue weighted by molar-refractivity contribution is 6.09.